The summed E-state index contributed by atoms with van der Waals surface area (Å²) in [6.07, 6.45) is -0.246. The Balaban J connectivity index is 1.71. The normalized spacial score (nSPS) is 14.6. The number of aromatic hydroxyl groups is 1. The van der Waals surface area contributed by atoms with Gasteiger partial charge in [0.2, 0.25) is 0 Å². The second-order valence-corrected chi connectivity index (χ2v) is 7.83. The molecule has 1 unspecified atom stereocenters. The van der Waals surface area contributed by atoms with Crippen molar-refractivity contribution in [3.8, 4) is 17.2 Å². The van der Waals surface area contributed by atoms with Crippen LogP contribution in [0.25, 0.3) is 0 Å². The van der Waals surface area contributed by atoms with Crippen molar-refractivity contribution in [3.05, 3.63) is 47.3 Å². The number of halogens is 1. The quantitative estimate of drug-likeness (QED) is 0.615. The van der Waals surface area contributed by atoms with Gasteiger partial charge in [-0.1, -0.05) is 6.07 Å². The second-order valence-electron chi connectivity index (χ2n) is 7.83. The topological polar surface area (TPSA) is 88.0 Å². The zero-order chi connectivity index (χ0) is 21.2. The minimum Gasteiger partial charge on any atom is -0.508 e. The highest BCUT2D eigenvalue weighted by molar-refractivity contribution is 5.96. The number of benzene rings is 2. The van der Waals surface area contributed by atoms with Gasteiger partial charge >= 0.3 is 0 Å². The monoisotopic (exact) mass is 405 g/mol. The molecule has 0 aromatic heterocycles. The molecule has 1 amide bonds. The lowest BCUT2D eigenvalue weighted by molar-refractivity contribution is -0.893. The van der Waals surface area contributed by atoms with Crippen molar-refractivity contribution < 1.29 is 33.4 Å². The smallest absolute Gasteiger partial charge is 0.262 e. The predicted molar refractivity (Wildman–Crippen MR) is 106 cm³/mol. The lowest BCUT2D eigenvalue weighted by Crippen LogP contribution is -2.44. The van der Waals surface area contributed by atoms with E-state index in [0.717, 1.165) is 5.56 Å². The Morgan fingerprint density at radius 2 is 2.07 bits per heavy atom. The van der Waals surface area contributed by atoms with Gasteiger partial charge in [0.25, 0.3) is 5.91 Å². The predicted octanol–water partition coefficient (Wildman–Crippen LogP) is 2.22. The molecule has 29 heavy (non-hydrogen) atoms. The highest BCUT2D eigenvalue weighted by Gasteiger charge is 2.28. The minimum absolute atomic E-state index is 0.0627. The number of aliphatic hydroxyl groups is 1. The van der Waals surface area contributed by atoms with Gasteiger partial charge in [0.05, 0.1) is 33.4 Å². The van der Waals surface area contributed by atoms with E-state index in [-0.39, 0.29) is 24.0 Å². The molecule has 8 heteroatoms. The first-order chi connectivity index (χ1) is 13.7. The van der Waals surface area contributed by atoms with Gasteiger partial charge in [-0.3, -0.25) is 4.79 Å². The fourth-order valence-corrected chi connectivity index (χ4v) is 3.41. The highest BCUT2D eigenvalue weighted by atomic mass is 19.1. The fraction of sp³-hybridized carbons (Fsp3) is 0.381. The fourth-order valence-electron chi connectivity index (χ4n) is 3.41. The van der Waals surface area contributed by atoms with E-state index in [1.807, 2.05) is 14.1 Å². The number of hydrogen-bond donors (Lipinski definition) is 3. The van der Waals surface area contributed by atoms with Crippen LogP contribution in [0.5, 0.6) is 17.2 Å². The summed E-state index contributed by atoms with van der Waals surface area (Å²) >= 11 is 0. The number of carbonyl (C=O) groups is 1. The van der Waals surface area contributed by atoms with Gasteiger partial charge in [-0.2, -0.15) is 0 Å². The van der Waals surface area contributed by atoms with Gasteiger partial charge in [-0.15, -0.1) is 0 Å². The Hall–Kier alpha value is -2.84. The van der Waals surface area contributed by atoms with Crippen molar-refractivity contribution in [3.63, 3.8) is 0 Å². The van der Waals surface area contributed by atoms with E-state index in [1.165, 1.54) is 25.3 Å². The molecule has 1 atom stereocenters. The maximum atomic E-state index is 13.6. The second kappa shape index (κ2) is 8.26. The van der Waals surface area contributed by atoms with Crippen molar-refractivity contribution in [1.29, 1.82) is 0 Å². The lowest BCUT2D eigenvalue weighted by atomic mass is 10.0. The minimum atomic E-state index is -0.913. The van der Waals surface area contributed by atoms with Crippen LogP contribution in [0.3, 0.4) is 0 Å². The van der Waals surface area contributed by atoms with E-state index in [0.29, 0.717) is 41.0 Å². The molecule has 0 aliphatic carbocycles. The van der Waals surface area contributed by atoms with Crippen LogP contribution in [0, 0.1) is 5.82 Å². The molecule has 2 aromatic carbocycles. The number of rotatable bonds is 7. The molecule has 0 saturated carbocycles. The Kier molecular flexibility index (Phi) is 5.95. The maximum Gasteiger partial charge on any atom is 0.262 e. The Bertz CT molecular complexity index is 916. The van der Waals surface area contributed by atoms with E-state index in [9.17, 15) is 19.4 Å². The number of methoxy groups -OCH3 is 1. The van der Waals surface area contributed by atoms with Gasteiger partial charge in [-0.05, 0) is 23.8 Å². The number of phenols is 1. The summed E-state index contributed by atoms with van der Waals surface area (Å²) in [5.74, 6) is -0.195. The summed E-state index contributed by atoms with van der Waals surface area (Å²) < 4.78 is 24.6. The summed E-state index contributed by atoms with van der Waals surface area (Å²) in [6, 6.07) is 7.62. The van der Waals surface area contributed by atoms with Crippen molar-refractivity contribution in [2.75, 3.05) is 46.2 Å². The van der Waals surface area contributed by atoms with Gasteiger partial charge in [0.15, 0.2) is 18.2 Å². The van der Waals surface area contributed by atoms with Crippen LogP contribution in [-0.4, -0.2) is 61.5 Å². The van der Waals surface area contributed by atoms with E-state index in [2.05, 4.69) is 5.32 Å². The molecule has 1 heterocycles. The summed E-state index contributed by atoms with van der Waals surface area (Å²) in [4.78, 5) is 11.5. The van der Waals surface area contributed by atoms with Crippen LogP contribution >= 0.6 is 0 Å². The Labute approximate surface area is 168 Å². The molecule has 156 valence electrons. The molecule has 0 radical (unpaired) electrons. The number of likely N-dealkylation sites (N-methyl/N-ethyl adjacent to an activating group) is 1. The average Bonchev–Trinajstić information content (AvgIpc) is 2.66. The molecule has 3 N–H and O–H groups in total. The van der Waals surface area contributed by atoms with E-state index in [1.54, 1.807) is 12.1 Å². The summed E-state index contributed by atoms with van der Waals surface area (Å²) in [5, 5.41) is 23.4. The molecule has 2 aromatic rings. The number of phenolic OH excluding ortho intramolecular Hbond substituents is 1. The molecule has 0 bridgehead atoms. The van der Waals surface area contributed by atoms with Gasteiger partial charge < -0.3 is 29.5 Å². The standard InChI is InChI=1S/C21H25FN2O5/c1-24(2,7-6-13-4-5-16(22)19(8-13)28-3)11-18(26)15-9-14(25)10-17-21(15)29-12-20(27)23-17/h4-5,8-10,18,26H,6-7,11-12H2,1-3H3,(H-,23,25,27)/p+1. The molecule has 1 aliphatic heterocycles. The van der Waals surface area contributed by atoms with Crippen LogP contribution in [0.4, 0.5) is 10.1 Å². The molecular weight excluding hydrogens is 379 g/mol. The number of aliphatic hydroxyl groups excluding tert-OH is 1. The third-order valence-corrected chi connectivity index (χ3v) is 4.97. The lowest BCUT2D eigenvalue weighted by Gasteiger charge is -2.33. The first kappa shape index (κ1) is 20.9. The third kappa shape index (κ3) is 4.96. The van der Waals surface area contributed by atoms with Gasteiger partial charge in [-0.25, -0.2) is 4.39 Å². The summed E-state index contributed by atoms with van der Waals surface area (Å²) in [6.45, 7) is 0.901. The van der Waals surface area contributed by atoms with Crippen LogP contribution in [-0.2, 0) is 11.2 Å². The number of nitrogens with zero attached hydrogens (tertiary/aromatic N) is 1. The van der Waals surface area contributed by atoms with Gasteiger partial charge in [0.1, 0.15) is 24.1 Å². The zero-order valence-corrected chi connectivity index (χ0v) is 16.7. The number of carbonyl (C=O) groups excluding carboxylic acids is 1. The maximum absolute atomic E-state index is 13.6. The molecule has 3 rings (SSSR count). The SMILES string of the molecule is COc1cc(CC[N+](C)(C)CC(O)c2cc(O)cc3c2OCC(=O)N3)ccc1F. The first-order valence-electron chi connectivity index (χ1n) is 9.30. The molecule has 0 fully saturated rings. The molecule has 0 spiro atoms. The van der Waals surface area contributed by atoms with Crippen molar-refractivity contribution in [1.82, 2.24) is 0 Å². The van der Waals surface area contributed by atoms with Crippen LogP contribution in [0.1, 0.15) is 17.2 Å². The van der Waals surface area contributed by atoms with Crippen LogP contribution in [0.15, 0.2) is 30.3 Å². The van der Waals surface area contributed by atoms with E-state index in [4.69, 9.17) is 9.47 Å². The number of anilines is 1. The number of fused-ring (bicyclic) bond motifs is 1. The largest absolute Gasteiger partial charge is 0.508 e. The number of amides is 1. The Morgan fingerprint density at radius 3 is 2.79 bits per heavy atom. The molecule has 0 saturated heterocycles. The molecule has 7 nitrogen and oxygen atoms in total. The van der Waals surface area contributed by atoms with E-state index < -0.39 is 11.9 Å². The van der Waals surface area contributed by atoms with Gasteiger partial charge in [0, 0.05) is 18.1 Å². The highest BCUT2D eigenvalue weighted by Crippen LogP contribution is 2.39. The van der Waals surface area contributed by atoms with Crippen LogP contribution in [0.2, 0.25) is 0 Å². The summed E-state index contributed by atoms with van der Waals surface area (Å²) in [7, 11) is 5.38. The number of nitrogens with one attached hydrogen (secondary N) is 1. The number of quaternary nitrogens is 1. The average molecular weight is 405 g/mol. The zero-order valence-electron chi connectivity index (χ0n) is 16.7. The molecule has 1 aliphatic rings. The van der Waals surface area contributed by atoms with E-state index >= 15 is 0 Å². The number of ether oxygens (including phenoxy) is 2. The van der Waals surface area contributed by atoms with Crippen molar-refractivity contribution in [2.24, 2.45) is 0 Å². The number of hydrogen-bond acceptors (Lipinski definition) is 5. The van der Waals surface area contributed by atoms with Crippen molar-refractivity contribution in [2.45, 2.75) is 12.5 Å². The first-order valence-corrected chi connectivity index (χ1v) is 9.30. The van der Waals surface area contributed by atoms with Crippen molar-refractivity contribution >= 4 is 11.6 Å². The van der Waals surface area contributed by atoms with Crippen LogP contribution < -0.4 is 14.8 Å². The molecular formula is C21H26FN2O5+. The third-order valence-electron chi connectivity index (χ3n) is 4.97. The summed E-state index contributed by atoms with van der Waals surface area (Å²) in [5.41, 5.74) is 1.71. The Morgan fingerprint density at radius 1 is 1.31 bits per heavy atom.